The zero-order valence-corrected chi connectivity index (χ0v) is 16.9. The maximum Gasteiger partial charge on any atom is 0.251 e. The van der Waals surface area contributed by atoms with Crippen molar-refractivity contribution in [2.75, 3.05) is 0 Å². The average Bonchev–Trinajstić information content (AvgIpc) is 3.52. The molecule has 0 unspecified atom stereocenters. The van der Waals surface area contributed by atoms with Crippen molar-refractivity contribution in [3.8, 4) is 17.3 Å². The lowest BCUT2D eigenvalue weighted by molar-refractivity contribution is 0.0928. The number of aromatic nitrogens is 3. The van der Waals surface area contributed by atoms with Crippen molar-refractivity contribution in [1.29, 1.82) is 5.26 Å². The first-order valence-corrected chi connectivity index (χ1v) is 10.5. The van der Waals surface area contributed by atoms with E-state index >= 15 is 0 Å². The summed E-state index contributed by atoms with van der Waals surface area (Å²) in [5.41, 5.74) is 6.11. The summed E-state index contributed by atoms with van der Waals surface area (Å²) in [7, 11) is 0. The first-order chi connectivity index (χ1) is 14.6. The third kappa shape index (κ3) is 3.59. The van der Waals surface area contributed by atoms with Gasteiger partial charge < -0.3 is 5.32 Å². The molecule has 6 heteroatoms. The van der Waals surface area contributed by atoms with Crippen LogP contribution in [-0.2, 0) is 6.54 Å². The van der Waals surface area contributed by atoms with E-state index in [2.05, 4.69) is 28.5 Å². The second-order valence-electron chi connectivity index (χ2n) is 8.29. The van der Waals surface area contributed by atoms with Gasteiger partial charge in [0, 0.05) is 35.5 Å². The topological polar surface area (TPSA) is 83.6 Å². The molecule has 0 spiro atoms. The van der Waals surface area contributed by atoms with Gasteiger partial charge in [-0.15, -0.1) is 0 Å². The molecule has 1 fully saturated rings. The number of hydrogen-bond acceptors (Lipinski definition) is 4. The number of hydrogen-bond donors (Lipinski definition) is 1. The SMILES string of the molecule is Cc1cc(C#N)cc(C(=O)N[C@H]2CCCn3nc(-c4ccnc(C5CC5)c4)cc32)c1. The molecule has 3 aromatic rings. The Balaban J connectivity index is 1.41. The van der Waals surface area contributed by atoms with E-state index in [0.717, 1.165) is 47.6 Å². The van der Waals surface area contributed by atoms with E-state index in [-0.39, 0.29) is 11.9 Å². The van der Waals surface area contributed by atoms with E-state index in [4.69, 9.17) is 5.10 Å². The molecule has 3 heterocycles. The number of nitriles is 1. The van der Waals surface area contributed by atoms with Gasteiger partial charge in [-0.25, -0.2) is 0 Å². The monoisotopic (exact) mass is 397 g/mol. The molecule has 30 heavy (non-hydrogen) atoms. The Morgan fingerprint density at radius 2 is 2.07 bits per heavy atom. The Hall–Kier alpha value is -3.46. The summed E-state index contributed by atoms with van der Waals surface area (Å²) in [4.78, 5) is 17.4. The fraction of sp³-hybridized carbons (Fsp3) is 0.333. The largest absolute Gasteiger partial charge is 0.344 e. The van der Waals surface area contributed by atoms with Crippen molar-refractivity contribution < 1.29 is 4.79 Å². The van der Waals surface area contributed by atoms with Gasteiger partial charge in [-0.2, -0.15) is 10.4 Å². The van der Waals surface area contributed by atoms with E-state index in [0.29, 0.717) is 17.0 Å². The number of rotatable bonds is 4. The highest BCUT2D eigenvalue weighted by Crippen LogP contribution is 2.40. The van der Waals surface area contributed by atoms with Crippen LogP contribution in [0.1, 0.15) is 70.5 Å². The summed E-state index contributed by atoms with van der Waals surface area (Å²) >= 11 is 0. The van der Waals surface area contributed by atoms with Crippen LogP contribution in [-0.4, -0.2) is 20.7 Å². The third-order valence-electron chi connectivity index (χ3n) is 5.88. The minimum atomic E-state index is -0.156. The van der Waals surface area contributed by atoms with Gasteiger partial charge in [-0.1, -0.05) is 0 Å². The number of pyridine rings is 1. The second kappa shape index (κ2) is 7.42. The van der Waals surface area contributed by atoms with Crippen LogP contribution in [0, 0.1) is 18.3 Å². The lowest BCUT2D eigenvalue weighted by Crippen LogP contribution is -2.32. The van der Waals surface area contributed by atoms with Crippen LogP contribution in [0.4, 0.5) is 0 Å². The molecule has 150 valence electrons. The maximum absolute atomic E-state index is 12.9. The molecule has 1 atom stereocenters. The molecule has 1 aliphatic carbocycles. The number of nitrogens with one attached hydrogen (secondary N) is 1. The Bertz CT molecular complexity index is 1170. The Labute approximate surface area is 175 Å². The highest BCUT2D eigenvalue weighted by molar-refractivity contribution is 5.95. The van der Waals surface area contributed by atoms with Gasteiger partial charge in [0.25, 0.3) is 5.91 Å². The molecule has 1 aliphatic heterocycles. The lowest BCUT2D eigenvalue weighted by Gasteiger charge is -2.24. The summed E-state index contributed by atoms with van der Waals surface area (Å²) < 4.78 is 2.01. The van der Waals surface area contributed by atoms with Gasteiger partial charge in [0.2, 0.25) is 0 Å². The van der Waals surface area contributed by atoms with Gasteiger partial charge >= 0.3 is 0 Å². The zero-order valence-electron chi connectivity index (χ0n) is 16.9. The molecule has 0 saturated heterocycles. The molecule has 6 nitrogen and oxygen atoms in total. The Morgan fingerprint density at radius 1 is 1.20 bits per heavy atom. The van der Waals surface area contributed by atoms with Crippen molar-refractivity contribution in [3.05, 3.63) is 70.7 Å². The molecule has 5 rings (SSSR count). The fourth-order valence-electron chi connectivity index (χ4n) is 4.20. The van der Waals surface area contributed by atoms with Crippen LogP contribution in [0.5, 0.6) is 0 Å². The summed E-state index contributed by atoms with van der Waals surface area (Å²) in [6.07, 6.45) is 6.13. The van der Waals surface area contributed by atoms with Crippen molar-refractivity contribution in [2.45, 2.75) is 51.1 Å². The summed E-state index contributed by atoms with van der Waals surface area (Å²) in [6.45, 7) is 2.75. The van der Waals surface area contributed by atoms with E-state index in [1.807, 2.05) is 29.9 Å². The molecule has 1 amide bonds. The van der Waals surface area contributed by atoms with Crippen LogP contribution < -0.4 is 5.32 Å². The van der Waals surface area contributed by atoms with E-state index in [1.54, 1.807) is 12.1 Å². The number of carbonyl (C=O) groups excluding carboxylic acids is 1. The van der Waals surface area contributed by atoms with Crippen LogP contribution in [0.15, 0.2) is 42.6 Å². The van der Waals surface area contributed by atoms with Gasteiger partial charge in [0.05, 0.1) is 29.1 Å². The van der Waals surface area contributed by atoms with E-state index < -0.39 is 0 Å². The molecule has 1 N–H and O–H groups in total. The van der Waals surface area contributed by atoms with Gasteiger partial charge in [-0.3, -0.25) is 14.5 Å². The molecule has 2 aromatic heterocycles. The second-order valence-corrected chi connectivity index (χ2v) is 8.29. The highest BCUT2D eigenvalue weighted by atomic mass is 16.1. The molecular weight excluding hydrogens is 374 g/mol. The van der Waals surface area contributed by atoms with Crippen molar-refractivity contribution in [1.82, 2.24) is 20.1 Å². The minimum absolute atomic E-state index is 0.0942. The lowest BCUT2D eigenvalue weighted by atomic mass is 10.0. The molecule has 0 radical (unpaired) electrons. The zero-order chi connectivity index (χ0) is 20.7. The summed E-state index contributed by atoms with van der Waals surface area (Å²) in [6, 6.07) is 13.5. The van der Waals surface area contributed by atoms with Crippen molar-refractivity contribution in [2.24, 2.45) is 0 Å². The number of aryl methyl sites for hydroxylation is 2. The van der Waals surface area contributed by atoms with Gasteiger partial charge in [0.15, 0.2) is 0 Å². The molecular formula is C24H23N5O. The highest BCUT2D eigenvalue weighted by Gasteiger charge is 2.27. The Kier molecular flexibility index (Phi) is 4.59. The quantitative estimate of drug-likeness (QED) is 0.713. The standard InChI is InChI=1S/C24H23N5O/c1-15-9-16(14-25)11-19(10-15)24(30)27-20-3-2-8-29-23(20)13-22(28-29)18-6-7-26-21(12-18)17-4-5-17/h6-7,9-13,17,20H,2-5,8H2,1H3,(H,27,30)/t20-/m0/s1. The summed E-state index contributed by atoms with van der Waals surface area (Å²) in [5, 5.41) is 17.2. The third-order valence-corrected chi connectivity index (χ3v) is 5.88. The minimum Gasteiger partial charge on any atom is -0.344 e. The first kappa shape index (κ1) is 18.6. The van der Waals surface area contributed by atoms with Gasteiger partial charge in [0.1, 0.15) is 0 Å². The Morgan fingerprint density at radius 3 is 2.87 bits per heavy atom. The van der Waals surface area contributed by atoms with Crippen LogP contribution in [0.2, 0.25) is 0 Å². The number of carbonyl (C=O) groups is 1. The van der Waals surface area contributed by atoms with Crippen LogP contribution in [0.3, 0.4) is 0 Å². The number of amides is 1. The van der Waals surface area contributed by atoms with Crippen molar-refractivity contribution in [3.63, 3.8) is 0 Å². The van der Waals surface area contributed by atoms with Gasteiger partial charge in [-0.05, 0) is 74.6 Å². The van der Waals surface area contributed by atoms with Crippen molar-refractivity contribution >= 4 is 5.91 Å². The normalized spacial score (nSPS) is 17.8. The molecule has 2 aliphatic rings. The number of nitrogens with zero attached hydrogens (tertiary/aromatic N) is 4. The average molecular weight is 397 g/mol. The van der Waals surface area contributed by atoms with E-state index in [1.165, 1.54) is 12.8 Å². The molecule has 1 saturated carbocycles. The smallest absolute Gasteiger partial charge is 0.251 e. The predicted octanol–water partition coefficient (Wildman–Crippen LogP) is 4.27. The summed E-state index contributed by atoms with van der Waals surface area (Å²) in [5.74, 6) is 0.443. The fourth-order valence-corrected chi connectivity index (χ4v) is 4.20. The van der Waals surface area contributed by atoms with Crippen LogP contribution >= 0.6 is 0 Å². The predicted molar refractivity (Wildman–Crippen MR) is 113 cm³/mol. The van der Waals surface area contributed by atoms with E-state index in [9.17, 15) is 10.1 Å². The number of fused-ring (bicyclic) bond motifs is 1. The maximum atomic E-state index is 12.9. The van der Waals surface area contributed by atoms with Crippen LogP contribution in [0.25, 0.3) is 11.3 Å². The molecule has 1 aromatic carbocycles. The first-order valence-electron chi connectivity index (χ1n) is 10.5. The molecule has 0 bridgehead atoms. The number of benzene rings is 1.